The van der Waals surface area contributed by atoms with Crippen LogP contribution >= 0.6 is 0 Å². The van der Waals surface area contributed by atoms with E-state index in [0.29, 0.717) is 0 Å². The standard InChI is InChI=1S/C23H24N4/c1-4-16-12-20(13-17(5-2)21(16)6-3)27-23(15-25-26-27)19-10-9-18-8-7-11-24-22(18)14-19/h7-15H,4-6H2,1-3H3. The van der Waals surface area contributed by atoms with E-state index < -0.39 is 0 Å². The highest BCUT2D eigenvalue weighted by atomic mass is 15.4. The van der Waals surface area contributed by atoms with Gasteiger partial charge in [-0.25, -0.2) is 4.68 Å². The summed E-state index contributed by atoms with van der Waals surface area (Å²) in [6, 6.07) is 14.9. The SMILES string of the molecule is CCc1cc(-n2nncc2-c2ccc3cccnc3c2)cc(CC)c1CC. The van der Waals surface area contributed by atoms with Crippen LogP contribution in [0.2, 0.25) is 0 Å². The highest BCUT2D eigenvalue weighted by molar-refractivity contribution is 5.83. The van der Waals surface area contributed by atoms with E-state index in [1.165, 1.54) is 16.7 Å². The van der Waals surface area contributed by atoms with E-state index in [1.54, 1.807) is 0 Å². The molecule has 0 aliphatic rings. The third-order valence-electron chi connectivity index (χ3n) is 5.23. The molecular weight excluding hydrogens is 332 g/mol. The van der Waals surface area contributed by atoms with Crippen LogP contribution in [0.1, 0.15) is 37.5 Å². The number of hydrogen-bond acceptors (Lipinski definition) is 3. The molecule has 0 aliphatic heterocycles. The molecule has 0 saturated carbocycles. The van der Waals surface area contributed by atoms with Gasteiger partial charge in [-0.05, 0) is 60.2 Å². The molecule has 0 fully saturated rings. The van der Waals surface area contributed by atoms with E-state index in [2.05, 4.69) is 72.5 Å². The van der Waals surface area contributed by atoms with E-state index in [-0.39, 0.29) is 0 Å². The van der Waals surface area contributed by atoms with Crippen molar-refractivity contribution < 1.29 is 0 Å². The third kappa shape index (κ3) is 3.12. The van der Waals surface area contributed by atoms with Gasteiger partial charge in [0.1, 0.15) is 0 Å². The Morgan fingerprint density at radius 1 is 0.889 bits per heavy atom. The first kappa shape index (κ1) is 17.4. The minimum Gasteiger partial charge on any atom is -0.256 e. The van der Waals surface area contributed by atoms with E-state index >= 15 is 0 Å². The predicted molar refractivity (Wildman–Crippen MR) is 110 cm³/mol. The van der Waals surface area contributed by atoms with Gasteiger partial charge in [0.15, 0.2) is 0 Å². The Morgan fingerprint density at radius 2 is 1.67 bits per heavy atom. The Bertz CT molecular complexity index is 1070. The minimum absolute atomic E-state index is 0.979. The summed E-state index contributed by atoms with van der Waals surface area (Å²) < 4.78 is 1.95. The molecule has 0 saturated heterocycles. The fourth-order valence-electron chi connectivity index (χ4n) is 3.83. The molecule has 4 aromatic rings. The predicted octanol–water partition coefficient (Wildman–Crippen LogP) is 5.17. The van der Waals surface area contributed by atoms with Gasteiger partial charge >= 0.3 is 0 Å². The average Bonchev–Trinajstić information content (AvgIpc) is 3.22. The summed E-state index contributed by atoms with van der Waals surface area (Å²) in [6.07, 6.45) is 6.76. The number of aromatic nitrogens is 4. The molecular formula is C23H24N4. The van der Waals surface area contributed by atoms with Crippen molar-refractivity contribution in [1.82, 2.24) is 20.0 Å². The number of rotatable bonds is 5. The van der Waals surface area contributed by atoms with Gasteiger partial charge in [0.2, 0.25) is 0 Å². The molecule has 0 unspecified atom stereocenters. The molecule has 0 radical (unpaired) electrons. The smallest absolute Gasteiger partial charge is 0.0945 e. The first-order chi connectivity index (χ1) is 13.2. The van der Waals surface area contributed by atoms with E-state index in [4.69, 9.17) is 0 Å². The zero-order valence-electron chi connectivity index (χ0n) is 16.1. The molecule has 4 rings (SSSR count). The van der Waals surface area contributed by atoms with Crippen molar-refractivity contribution in [3.63, 3.8) is 0 Å². The molecule has 0 bridgehead atoms. The first-order valence-corrected chi connectivity index (χ1v) is 9.66. The number of aryl methyl sites for hydroxylation is 2. The molecule has 0 atom stereocenters. The fourth-order valence-corrected chi connectivity index (χ4v) is 3.83. The molecule has 2 aromatic heterocycles. The van der Waals surface area contributed by atoms with E-state index in [0.717, 1.165) is 47.1 Å². The van der Waals surface area contributed by atoms with Crippen molar-refractivity contribution in [2.24, 2.45) is 0 Å². The van der Waals surface area contributed by atoms with Crippen molar-refractivity contribution >= 4 is 10.9 Å². The topological polar surface area (TPSA) is 43.6 Å². The van der Waals surface area contributed by atoms with Crippen LogP contribution in [0, 0.1) is 0 Å². The molecule has 2 aromatic carbocycles. The fraction of sp³-hybridized carbons (Fsp3) is 0.261. The average molecular weight is 356 g/mol. The zero-order valence-corrected chi connectivity index (χ0v) is 16.1. The van der Waals surface area contributed by atoms with Crippen LogP contribution in [0.15, 0.2) is 54.9 Å². The summed E-state index contributed by atoms with van der Waals surface area (Å²) in [4.78, 5) is 4.48. The number of benzene rings is 2. The number of nitrogens with zero attached hydrogens (tertiary/aromatic N) is 4. The molecule has 0 N–H and O–H groups in total. The van der Waals surface area contributed by atoms with Gasteiger partial charge in [0, 0.05) is 17.1 Å². The normalized spacial score (nSPS) is 11.2. The summed E-state index contributed by atoms with van der Waals surface area (Å²) in [6.45, 7) is 6.67. The lowest BCUT2D eigenvalue weighted by Crippen LogP contribution is -2.05. The largest absolute Gasteiger partial charge is 0.256 e. The van der Waals surface area contributed by atoms with Gasteiger partial charge in [-0.15, -0.1) is 5.10 Å². The lowest BCUT2D eigenvalue weighted by atomic mass is 9.94. The monoisotopic (exact) mass is 356 g/mol. The van der Waals surface area contributed by atoms with Crippen LogP contribution in [0.5, 0.6) is 0 Å². The highest BCUT2D eigenvalue weighted by Gasteiger charge is 2.13. The maximum Gasteiger partial charge on any atom is 0.0945 e. The van der Waals surface area contributed by atoms with Crippen molar-refractivity contribution in [2.75, 3.05) is 0 Å². The van der Waals surface area contributed by atoms with Gasteiger partial charge in [-0.3, -0.25) is 4.98 Å². The van der Waals surface area contributed by atoms with Gasteiger partial charge < -0.3 is 0 Å². The van der Waals surface area contributed by atoms with Crippen LogP contribution in [-0.4, -0.2) is 20.0 Å². The Balaban J connectivity index is 1.86. The maximum atomic E-state index is 4.48. The quantitative estimate of drug-likeness (QED) is 0.495. The van der Waals surface area contributed by atoms with Crippen molar-refractivity contribution in [1.29, 1.82) is 0 Å². The van der Waals surface area contributed by atoms with Crippen LogP contribution in [0.3, 0.4) is 0 Å². The molecule has 2 heterocycles. The summed E-state index contributed by atoms with van der Waals surface area (Å²) >= 11 is 0. The summed E-state index contributed by atoms with van der Waals surface area (Å²) in [5, 5.41) is 9.73. The lowest BCUT2D eigenvalue weighted by Gasteiger charge is -2.15. The second kappa shape index (κ2) is 7.31. The van der Waals surface area contributed by atoms with Crippen molar-refractivity contribution in [2.45, 2.75) is 40.0 Å². The summed E-state index contributed by atoms with van der Waals surface area (Å²) in [5.74, 6) is 0. The van der Waals surface area contributed by atoms with Gasteiger partial charge in [0.05, 0.1) is 23.1 Å². The minimum atomic E-state index is 0.979. The van der Waals surface area contributed by atoms with Gasteiger partial charge in [-0.2, -0.15) is 0 Å². The Hall–Kier alpha value is -3.01. The molecule has 0 aliphatic carbocycles. The zero-order chi connectivity index (χ0) is 18.8. The first-order valence-electron chi connectivity index (χ1n) is 9.66. The molecule has 4 heteroatoms. The van der Waals surface area contributed by atoms with Gasteiger partial charge in [-0.1, -0.05) is 44.2 Å². The van der Waals surface area contributed by atoms with Crippen LogP contribution in [0.25, 0.3) is 27.8 Å². The van der Waals surface area contributed by atoms with Crippen molar-refractivity contribution in [3.05, 3.63) is 71.5 Å². The Morgan fingerprint density at radius 3 is 2.37 bits per heavy atom. The number of hydrogen-bond donors (Lipinski definition) is 0. The second-order valence-corrected chi connectivity index (χ2v) is 6.75. The number of fused-ring (bicyclic) bond motifs is 1. The van der Waals surface area contributed by atoms with Crippen LogP contribution in [0.4, 0.5) is 0 Å². The van der Waals surface area contributed by atoms with E-state index in [1.807, 2.05) is 23.1 Å². The van der Waals surface area contributed by atoms with Crippen LogP contribution < -0.4 is 0 Å². The van der Waals surface area contributed by atoms with Gasteiger partial charge in [0.25, 0.3) is 0 Å². The van der Waals surface area contributed by atoms with Crippen LogP contribution in [-0.2, 0) is 19.3 Å². The molecule has 4 nitrogen and oxygen atoms in total. The molecule has 27 heavy (non-hydrogen) atoms. The lowest BCUT2D eigenvalue weighted by molar-refractivity contribution is 0.802. The second-order valence-electron chi connectivity index (χ2n) is 6.75. The Labute approximate surface area is 159 Å². The molecule has 0 spiro atoms. The molecule has 0 amide bonds. The third-order valence-corrected chi connectivity index (χ3v) is 5.23. The molecule has 136 valence electrons. The van der Waals surface area contributed by atoms with Crippen molar-refractivity contribution in [3.8, 4) is 16.9 Å². The van der Waals surface area contributed by atoms with E-state index in [9.17, 15) is 0 Å². The summed E-state index contributed by atoms with van der Waals surface area (Å²) in [5.41, 5.74) is 8.38. The Kier molecular flexibility index (Phi) is 4.71. The maximum absolute atomic E-state index is 4.48. The highest BCUT2D eigenvalue weighted by Crippen LogP contribution is 2.27. The number of pyridine rings is 1. The summed E-state index contributed by atoms with van der Waals surface area (Å²) in [7, 11) is 0.